The molecule has 1 aliphatic heterocycles. The monoisotopic (exact) mass is 373 g/mol. The third-order valence-electron chi connectivity index (χ3n) is 5.15. The van der Waals surface area contributed by atoms with Crippen LogP contribution in [0.4, 0.5) is 4.79 Å². The summed E-state index contributed by atoms with van der Waals surface area (Å²) < 4.78 is 5.11. The number of nitrogens with zero attached hydrogens (tertiary/aromatic N) is 3. The highest BCUT2D eigenvalue weighted by molar-refractivity contribution is 5.76. The molecule has 148 valence electrons. The van der Waals surface area contributed by atoms with Gasteiger partial charge in [-0.25, -0.2) is 9.78 Å². The number of aromatic nitrogens is 2. The Morgan fingerprint density at radius 3 is 3.15 bits per heavy atom. The highest BCUT2D eigenvalue weighted by Crippen LogP contribution is 2.16. The number of urea groups is 1. The van der Waals surface area contributed by atoms with Crippen LogP contribution in [0.25, 0.3) is 11.0 Å². The van der Waals surface area contributed by atoms with E-state index in [-0.39, 0.29) is 6.03 Å². The Morgan fingerprint density at radius 1 is 1.48 bits per heavy atom. The number of likely N-dealkylation sites (tertiary alicyclic amines) is 1. The van der Waals surface area contributed by atoms with Gasteiger partial charge >= 0.3 is 6.03 Å². The van der Waals surface area contributed by atoms with Crippen LogP contribution in [0.2, 0.25) is 0 Å². The molecule has 2 aromatic rings. The summed E-state index contributed by atoms with van der Waals surface area (Å²) in [6.07, 6.45) is 2.20. The molecule has 1 fully saturated rings. The normalized spacial score (nSPS) is 17.5. The van der Waals surface area contributed by atoms with Gasteiger partial charge in [-0.2, -0.15) is 0 Å². The molecule has 1 atom stereocenters. The number of ether oxygens (including phenoxy) is 1. The van der Waals surface area contributed by atoms with Gasteiger partial charge in [0.05, 0.1) is 17.6 Å². The number of amides is 2. The highest BCUT2D eigenvalue weighted by atomic mass is 16.5. The smallest absolute Gasteiger partial charge is 0.317 e. The van der Waals surface area contributed by atoms with E-state index in [0.717, 1.165) is 62.5 Å². The van der Waals surface area contributed by atoms with Gasteiger partial charge < -0.3 is 24.8 Å². The lowest BCUT2D eigenvalue weighted by atomic mass is 10.1. The molecule has 7 nitrogen and oxygen atoms in total. The van der Waals surface area contributed by atoms with Crippen LogP contribution < -0.4 is 5.32 Å². The van der Waals surface area contributed by atoms with Crippen molar-refractivity contribution in [2.24, 2.45) is 5.92 Å². The van der Waals surface area contributed by atoms with Crippen LogP contribution >= 0.6 is 0 Å². The van der Waals surface area contributed by atoms with Crippen LogP contribution in [-0.4, -0.2) is 72.7 Å². The van der Waals surface area contributed by atoms with Gasteiger partial charge in [0.1, 0.15) is 5.82 Å². The lowest BCUT2D eigenvalue weighted by molar-refractivity contribution is 0.178. The van der Waals surface area contributed by atoms with E-state index in [1.165, 1.54) is 5.56 Å². The first-order chi connectivity index (χ1) is 13.0. The van der Waals surface area contributed by atoms with E-state index in [2.05, 4.69) is 33.2 Å². The molecule has 0 radical (unpaired) electrons. The summed E-state index contributed by atoms with van der Waals surface area (Å²) in [7, 11) is 3.55. The van der Waals surface area contributed by atoms with Gasteiger partial charge in [0.25, 0.3) is 0 Å². The van der Waals surface area contributed by atoms with E-state index < -0.39 is 0 Å². The molecule has 0 aliphatic carbocycles. The Balaban J connectivity index is 1.42. The SMILES string of the molecule is COCCCN1CCC(CNC(=O)N(C)Cc2nc3ccc(C)cc3[nH]2)C1. The van der Waals surface area contributed by atoms with Crippen molar-refractivity contribution in [3.63, 3.8) is 0 Å². The molecule has 27 heavy (non-hydrogen) atoms. The lowest BCUT2D eigenvalue weighted by Crippen LogP contribution is -2.40. The predicted molar refractivity (Wildman–Crippen MR) is 107 cm³/mol. The van der Waals surface area contributed by atoms with Crippen LogP contribution in [0.15, 0.2) is 18.2 Å². The number of carbonyl (C=O) groups excluding carboxylic acids is 1. The molecule has 1 aromatic heterocycles. The van der Waals surface area contributed by atoms with Crippen LogP contribution in [-0.2, 0) is 11.3 Å². The zero-order chi connectivity index (χ0) is 19.2. The van der Waals surface area contributed by atoms with Gasteiger partial charge in [-0.3, -0.25) is 0 Å². The van der Waals surface area contributed by atoms with Crippen molar-refractivity contribution < 1.29 is 9.53 Å². The molecule has 7 heteroatoms. The fourth-order valence-corrected chi connectivity index (χ4v) is 3.63. The number of hydrogen-bond acceptors (Lipinski definition) is 4. The third kappa shape index (κ3) is 5.43. The third-order valence-corrected chi connectivity index (χ3v) is 5.15. The van der Waals surface area contributed by atoms with Crippen LogP contribution in [0, 0.1) is 12.8 Å². The number of aryl methyl sites for hydroxylation is 1. The van der Waals surface area contributed by atoms with E-state index in [1.807, 2.05) is 12.1 Å². The van der Waals surface area contributed by atoms with Gasteiger partial charge in [-0.15, -0.1) is 0 Å². The number of carbonyl (C=O) groups is 1. The quantitative estimate of drug-likeness (QED) is 0.697. The summed E-state index contributed by atoms with van der Waals surface area (Å²) in [6, 6.07) is 6.07. The number of methoxy groups -OCH3 is 1. The van der Waals surface area contributed by atoms with E-state index in [4.69, 9.17) is 4.74 Å². The highest BCUT2D eigenvalue weighted by Gasteiger charge is 2.23. The van der Waals surface area contributed by atoms with Crippen molar-refractivity contribution in [2.75, 3.05) is 46.9 Å². The molecule has 2 N–H and O–H groups in total. The standard InChI is InChI=1S/C20H31N5O2/c1-15-5-6-17-18(11-15)23-19(22-17)14-24(2)20(26)21-12-16-7-9-25(13-16)8-4-10-27-3/h5-6,11,16H,4,7-10,12-14H2,1-3H3,(H,21,26)(H,22,23). The van der Waals surface area contributed by atoms with Crippen molar-refractivity contribution in [3.05, 3.63) is 29.6 Å². The summed E-state index contributed by atoms with van der Waals surface area (Å²) in [5, 5.41) is 3.07. The van der Waals surface area contributed by atoms with E-state index in [9.17, 15) is 4.79 Å². The molecule has 2 heterocycles. The largest absolute Gasteiger partial charge is 0.385 e. The molecule has 1 unspecified atom stereocenters. The minimum absolute atomic E-state index is 0.0514. The Bertz CT molecular complexity index is 760. The Labute approximate surface area is 161 Å². The Kier molecular flexibility index (Phi) is 6.68. The molecule has 0 saturated carbocycles. The summed E-state index contributed by atoms with van der Waals surface area (Å²) in [5.41, 5.74) is 3.14. The average Bonchev–Trinajstić information content (AvgIpc) is 3.25. The number of hydrogen-bond donors (Lipinski definition) is 2. The maximum Gasteiger partial charge on any atom is 0.317 e. The second-order valence-corrected chi connectivity index (χ2v) is 7.55. The van der Waals surface area contributed by atoms with Crippen LogP contribution in [0.1, 0.15) is 24.2 Å². The average molecular weight is 374 g/mol. The molecule has 3 rings (SSSR count). The lowest BCUT2D eigenvalue weighted by Gasteiger charge is -2.19. The number of aromatic amines is 1. The minimum Gasteiger partial charge on any atom is -0.385 e. The number of nitrogens with one attached hydrogen (secondary N) is 2. The van der Waals surface area contributed by atoms with Gasteiger partial charge in [-0.05, 0) is 49.9 Å². The Morgan fingerprint density at radius 2 is 2.33 bits per heavy atom. The zero-order valence-corrected chi connectivity index (χ0v) is 16.6. The summed E-state index contributed by atoms with van der Waals surface area (Å²) in [4.78, 5) is 24.4. The number of fused-ring (bicyclic) bond motifs is 1. The fourth-order valence-electron chi connectivity index (χ4n) is 3.63. The van der Waals surface area contributed by atoms with Crippen molar-refractivity contribution in [3.8, 4) is 0 Å². The molecule has 0 bridgehead atoms. The number of benzene rings is 1. The first-order valence-electron chi connectivity index (χ1n) is 9.70. The maximum absolute atomic E-state index is 12.4. The fraction of sp³-hybridized carbons (Fsp3) is 0.600. The molecule has 0 spiro atoms. The maximum atomic E-state index is 12.4. The van der Waals surface area contributed by atoms with Crippen molar-refractivity contribution in [1.29, 1.82) is 0 Å². The molecule has 2 amide bonds. The van der Waals surface area contributed by atoms with Crippen LogP contribution in [0.5, 0.6) is 0 Å². The van der Waals surface area contributed by atoms with Crippen LogP contribution in [0.3, 0.4) is 0 Å². The first-order valence-corrected chi connectivity index (χ1v) is 9.70. The van der Waals surface area contributed by atoms with Crippen molar-refractivity contribution in [1.82, 2.24) is 25.1 Å². The van der Waals surface area contributed by atoms with Gasteiger partial charge in [0.2, 0.25) is 0 Å². The topological polar surface area (TPSA) is 73.5 Å². The van der Waals surface area contributed by atoms with E-state index >= 15 is 0 Å². The minimum atomic E-state index is -0.0514. The summed E-state index contributed by atoms with van der Waals surface area (Å²) >= 11 is 0. The van der Waals surface area contributed by atoms with Gasteiger partial charge in [-0.1, -0.05) is 6.07 Å². The predicted octanol–water partition coefficient (Wildman–Crippen LogP) is 2.37. The molecular formula is C20H31N5O2. The summed E-state index contributed by atoms with van der Waals surface area (Å²) in [6.45, 7) is 7.29. The number of H-pyrrole nitrogens is 1. The molecule has 1 aromatic carbocycles. The zero-order valence-electron chi connectivity index (χ0n) is 16.6. The molecule has 1 saturated heterocycles. The number of rotatable bonds is 8. The second kappa shape index (κ2) is 9.19. The Hall–Kier alpha value is -2.12. The number of imidazole rings is 1. The molecule has 1 aliphatic rings. The van der Waals surface area contributed by atoms with Gasteiger partial charge in [0.15, 0.2) is 0 Å². The van der Waals surface area contributed by atoms with Crippen molar-refractivity contribution >= 4 is 17.1 Å². The summed E-state index contributed by atoms with van der Waals surface area (Å²) in [5.74, 6) is 1.33. The van der Waals surface area contributed by atoms with Gasteiger partial charge in [0, 0.05) is 40.4 Å². The first kappa shape index (κ1) is 19.6. The molecular weight excluding hydrogens is 342 g/mol. The second-order valence-electron chi connectivity index (χ2n) is 7.55. The van der Waals surface area contributed by atoms with Crippen molar-refractivity contribution in [2.45, 2.75) is 26.3 Å². The van der Waals surface area contributed by atoms with E-state index in [1.54, 1.807) is 19.1 Å². The van der Waals surface area contributed by atoms with E-state index in [0.29, 0.717) is 12.5 Å².